The molecule has 0 aliphatic carbocycles. The van der Waals surface area contributed by atoms with E-state index < -0.39 is 12.0 Å². The van der Waals surface area contributed by atoms with Crippen molar-refractivity contribution in [2.75, 3.05) is 0 Å². The highest BCUT2D eigenvalue weighted by molar-refractivity contribution is 5.77. The van der Waals surface area contributed by atoms with Crippen LogP contribution in [0.4, 0.5) is 13.2 Å². The maximum absolute atomic E-state index is 12.5. The van der Waals surface area contributed by atoms with Crippen molar-refractivity contribution in [3.8, 4) is 0 Å². The van der Waals surface area contributed by atoms with Gasteiger partial charge in [-0.25, -0.2) is 4.98 Å². The van der Waals surface area contributed by atoms with Gasteiger partial charge in [-0.3, -0.25) is 5.10 Å². The molecule has 0 saturated carbocycles. The number of halogens is 3. The molecule has 22 heavy (non-hydrogen) atoms. The van der Waals surface area contributed by atoms with E-state index in [2.05, 4.69) is 20.5 Å². The summed E-state index contributed by atoms with van der Waals surface area (Å²) in [6, 6.07) is 7.18. The largest absolute Gasteiger partial charge is 0.464 e. The number of benzene rings is 1. The van der Waals surface area contributed by atoms with E-state index >= 15 is 0 Å². The van der Waals surface area contributed by atoms with Crippen LogP contribution in [0.3, 0.4) is 0 Å². The normalized spacial score (nSPS) is 13.6. The average Bonchev–Trinajstić information content (AvgIpc) is 3.12. The van der Waals surface area contributed by atoms with Crippen LogP contribution >= 0.6 is 0 Å². The van der Waals surface area contributed by atoms with Gasteiger partial charge >= 0.3 is 6.18 Å². The fourth-order valence-electron chi connectivity index (χ4n) is 2.09. The van der Waals surface area contributed by atoms with Crippen molar-refractivity contribution < 1.29 is 17.6 Å². The van der Waals surface area contributed by atoms with Gasteiger partial charge in [-0.05, 0) is 30.7 Å². The number of fused-ring (bicyclic) bond motifs is 1. The Morgan fingerprint density at radius 3 is 2.86 bits per heavy atom. The molecule has 1 aromatic carbocycles. The zero-order chi connectivity index (χ0) is 15.7. The quantitative estimate of drug-likeness (QED) is 0.775. The Morgan fingerprint density at radius 2 is 2.14 bits per heavy atom. The van der Waals surface area contributed by atoms with Gasteiger partial charge in [-0.1, -0.05) is 6.07 Å². The molecule has 0 aliphatic rings. The van der Waals surface area contributed by atoms with Crippen LogP contribution in [0.25, 0.3) is 11.0 Å². The van der Waals surface area contributed by atoms with Crippen LogP contribution in [-0.4, -0.2) is 15.2 Å². The molecule has 1 atom stereocenters. The molecule has 0 aliphatic heterocycles. The third-order valence-corrected chi connectivity index (χ3v) is 3.30. The SMILES string of the molecule is CC(NCc1ccc2occc2c1)c1nc(C(F)(F)F)n[nH]1. The Labute approximate surface area is 123 Å². The van der Waals surface area contributed by atoms with Crippen LogP contribution in [0.15, 0.2) is 34.9 Å². The molecule has 3 aromatic rings. The van der Waals surface area contributed by atoms with Crippen LogP contribution in [0, 0.1) is 0 Å². The average molecular weight is 310 g/mol. The van der Waals surface area contributed by atoms with Crippen molar-refractivity contribution in [1.82, 2.24) is 20.5 Å². The molecule has 0 radical (unpaired) electrons. The summed E-state index contributed by atoms with van der Waals surface area (Å²) in [6.07, 6.45) is -2.93. The number of H-pyrrole nitrogens is 1. The first-order chi connectivity index (χ1) is 10.4. The first-order valence-corrected chi connectivity index (χ1v) is 6.62. The van der Waals surface area contributed by atoms with E-state index in [0.717, 1.165) is 16.5 Å². The van der Waals surface area contributed by atoms with Crippen molar-refractivity contribution >= 4 is 11.0 Å². The van der Waals surface area contributed by atoms with Crippen molar-refractivity contribution in [3.05, 3.63) is 47.7 Å². The summed E-state index contributed by atoms with van der Waals surface area (Å²) in [5.74, 6) is -1.01. The lowest BCUT2D eigenvalue weighted by Crippen LogP contribution is -2.19. The third-order valence-electron chi connectivity index (χ3n) is 3.30. The third kappa shape index (κ3) is 2.96. The lowest BCUT2D eigenvalue weighted by Gasteiger charge is -2.11. The van der Waals surface area contributed by atoms with E-state index in [1.807, 2.05) is 24.3 Å². The van der Waals surface area contributed by atoms with Crippen molar-refractivity contribution in [3.63, 3.8) is 0 Å². The molecular weight excluding hydrogens is 297 g/mol. The summed E-state index contributed by atoms with van der Waals surface area (Å²) in [6.45, 7) is 2.21. The predicted octanol–water partition coefficient (Wildman–Crippen LogP) is 3.42. The fraction of sp³-hybridized carbons (Fsp3) is 0.286. The molecule has 8 heteroatoms. The first kappa shape index (κ1) is 14.6. The van der Waals surface area contributed by atoms with Gasteiger partial charge in [0.15, 0.2) is 0 Å². The van der Waals surface area contributed by atoms with Gasteiger partial charge in [0.1, 0.15) is 11.4 Å². The van der Waals surface area contributed by atoms with Crippen molar-refractivity contribution in [2.24, 2.45) is 0 Å². The lowest BCUT2D eigenvalue weighted by molar-refractivity contribution is -0.144. The minimum Gasteiger partial charge on any atom is -0.464 e. The number of furan rings is 1. The number of hydrogen-bond acceptors (Lipinski definition) is 4. The topological polar surface area (TPSA) is 66.7 Å². The van der Waals surface area contributed by atoms with E-state index in [4.69, 9.17) is 4.42 Å². The van der Waals surface area contributed by atoms with Crippen LogP contribution in [-0.2, 0) is 12.7 Å². The second-order valence-corrected chi connectivity index (χ2v) is 4.94. The summed E-state index contributed by atoms with van der Waals surface area (Å²) < 4.78 is 42.6. The van der Waals surface area contributed by atoms with Crippen LogP contribution < -0.4 is 5.32 Å². The van der Waals surface area contributed by atoms with Crippen LogP contribution in [0.2, 0.25) is 0 Å². The standard InChI is InChI=1S/C14H13F3N4O/c1-8(12-19-13(21-20-12)14(15,16)17)18-7-9-2-3-11-10(6-9)4-5-22-11/h2-6,8,18H,7H2,1H3,(H,19,20,21). The minimum atomic E-state index is -4.54. The highest BCUT2D eigenvalue weighted by Gasteiger charge is 2.36. The second-order valence-electron chi connectivity index (χ2n) is 4.94. The zero-order valence-corrected chi connectivity index (χ0v) is 11.6. The predicted molar refractivity (Wildman–Crippen MR) is 72.9 cm³/mol. The number of aromatic nitrogens is 3. The highest BCUT2D eigenvalue weighted by atomic mass is 19.4. The van der Waals surface area contributed by atoms with Crippen molar-refractivity contribution in [2.45, 2.75) is 25.7 Å². The number of aromatic amines is 1. The minimum absolute atomic E-state index is 0.150. The molecule has 0 fully saturated rings. The Bertz CT molecular complexity index is 778. The summed E-state index contributed by atoms with van der Waals surface area (Å²) >= 11 is 0. The fourth-order valence-corrected chi connectivity index (χ4v) is 2.09. The monoisotopic (exact) mass is 310 g/mol. The van der Waals surface area contributed by atoms with Gasteiger partial charge in [0.25, 0.3) is 5.82 Å². The molecule has 1 unspecified atom stereocenters. The molecule has 0 amide bonds. The number of hydrogen-bond donors (Lipinski definition) is 2. The molecule has 2 heterocycles. The van der Waals surface area contributed by atoms with Gasteiger partial charge in [-0.2, -0.15) is 13.2 Å². The first-order valence-electron chi connectivity index (χ1n) is 6.62. The van der Waals surface area contributed by atoms with E-state index in [1.165, 1.54) is 0 Å². The molecule has 2 N–H and O–H groups in total. The van der Waals surface area contributed by atoms with E-state index in [-0.39, 0.29) is 11.9 Å². The van der Waals surface area contributed by atoms with Crippen molar-refractivity contribution in [1.29, 1.82) is 0 Å². The Kier molecular flexibility index (Phi) is 3.61. The second kappa shape index (κ2) is 5.45. The Balaban J connectivity index is 1.66. The Hall–Kier alpha value is -2.35. The molecule has 0 bridgehead atoms. The summed E-state index contributed by atoms with van der Waals surface area (Å²) in [4.78, 5) is 3.47. The zero-order valence-electron chi connectivity index (χ0n) is 11.6. The molecular formula is C14H13F3N4O. The van der Waals surface area contributed by atoms with Gasteiger partial charge < -0.3 is 9.73 Å². The number of alkyl halides is 3. The smallest absolute Gasteiger partial charge is 0.453 e. The number of nitrogens with zero attached hydrogens (tertiary/aromatic N) is 2. The van der Waals surface area contributed by atoms with Gasteiger partial charge in [0.2, 0.25) is 0 Å². The van der Waals surface area contributed by atoms with E-state index in [0.29, 0.717) is 6.54 Å². The molecule has 0 saturated heterocycles. The molecule has 5 nitrogen and oxygen atoms in total. The molecule has 3 rings (SSSR count). The molecule has 116 valence electrons. The van der Waals surface area contributed by atoms with E-state index in [9.17, 15) is 13.2 Å². The lowest BCUT2D eigenvalue weighted by atomic mass is 10.1. The Morgan fingerprint density at radius 1 is 1.32 bits per heavy atom. The summed E-state index contributed by atoms with van der Waals surface area (Å²) in [5, 5.41) is 9.58. The highest BCUT2D eigenvalue weighted by Crippen LogP contribution is 2.26. The molecule has 0 spiro atoms. The van der Waals surface area contributed by atoms with Gasteiger partial charge in [0.05, 0.1) is 12.3 Å². The van der Waals surface area contributed by atoms with Crippen LogP contribution in [0.1, 0.15) is 30.2 Å². The summed E-state index contributed by atoms with van der Waals surface area (Å²) in [5.41, 5.74) is 1.79. The maximum Gasteiger partial charge on any atom is 0.453 e. The van der Waals surface area contributed by atoms with E-state index in [1.54, 1.807) is 13.2 Å². The van der Waals surface area contributed by atoms with Gasteiger partial charge in [0, 0.05) is 11.9 Å². The maximum atomic E-state index is 12.5. The van der Waals surface area contributed by atoms with Crippen LogP contribution in [0.5, 0.6) is 0 Å². The summed E-state index contributed by atoms with van der Waals surface area (Å²) in [7, 11) is 0. The van der Waals surface area contributed by atoms with Gasteiger partial charge in [-0.15, -0.1) is 5.10 Å². The molecule has 2 aromatic heterocycles. The number of nitrogens with one attached hydrogen (secondary N) is 2. The number of rotatable bonds is 4.